The van der Waals surface area contributed by atoms with E-state index in [1.165, 1.54) is 0 Å². The summed E-state index contributed by atoms with van der Waals surface area (Å²) in [5.41, 5.74) is 0. The van der Waals surface area contributed by atoms with Gasteiger partial charge in [0.05, 0.1) is 6.61 Å². The molecule has 6 nitrogen and oxygen atoms in total. The zero-order chi connectivity index (χ0) is 16.7. The Morgan fingerprint density at radius 2 is 1.61 bits per heavy atom. The van der Waals surface area contributed by atoms with Crippen molar-refractivity contribution in [3.05, 3.63) is 0 Å². The van der Waals surface area contributed by atoms with Crippen molar-refractivity contribution in [2.75, 3.05) is 26.9 Å². The molecule has 0 aromatic heterocycles. The van der Waals surface area contributed by atoms with Crippen molar-refractivity contribution in [3.8, 4) is 0 Å². The Morgan fingerprint density at radius 1 is 0.957 bits per heavy atom. The first-order valence-corrected chi connectivity index (χ1v) is 8.89. The Hall–Kier alpha value is -0.240. The van der Waals surface area contributed by atoms with Crippen molar-refractivity contribution < 1.29 is 28.4 Å². The highest BCUT2D eigenvalue weighted by atomic mass is 16.8. The van der Waals surface area contributed by atoms with Crippen LogP contribution in [0.25, 0.3) is 0 Å². The normalized spacial score (nSPS) is 37.6. The standard InChI is InChI=1S/C17H32O6/c1-5-7-9-19-15-14-13(11-21-12(3)22-14)23-17(18-4)16(15)20-10-8-6-2/h12-17H,5-11H2,1-4H3. The smallest absolute Gasteiger partial charge is 0.186 e. The molecule has 0 aromatic carbocycles. The van der Waals surface area contributed by atoms with Gasteiger partial charge in [-0.25, -0.2) is 0 Å². The summed E-state index contributed by atoms with van der Waals surface area (Å²) in [4.78, 5) is 0. The Bertz CT molecular complexity index is 326. The molecular weight excluding hydrogens is 300 g/mol. The van der Waals surface area contributed by atoms with Gasteiger partial charge in [-0.1, -0.05) is 26.7 Å². The van der Waals surface area contributed by atoms with E-state index in [1.807, 2.05) is 6.92 Å². The monoisotopic (exact) mass is 332 g/mol. The molecule has 6 heteroatoms. The van der Waals surface area contributed by atoms with E-state index >= 15 is 0 Å². The largest absolute Gasteiger partial charge is 0.372 e. The van der Waals surface area contributed by atoms with Gasteiger partial charge in [0.15, 0.2) is 12.6 Å². The van der Waals surface area contributed by atoms with Gasteiger partial charge >= 0.3 is 0 Å². The lowest BCUT2D eigenvalue weighted by atomic mass is 9.97. The summed E-state index contributed by atoms with van der Waals surface area (Å²) < 4.78 is 35.2. The van der Waals surface area contributed by atoms with E-state index in [9.17, 15) is 0 Å². The lowest BCUT2D eigenvalue weighted by molar-refractivity contribution is -0.362. The minimum atomic E-state index is -0.458. The summed E-state index contributed by atoms with van der Waals surface area (Å²) in [6.45, 7) is 8.03. The lowest BCUT2D eigenvalue weighted by Crippen LogP contribution is -2.64. The van der Waals surface area contributed by atoms with Crippen molar-refractivity contribution in [1.29, 1.82) is 0 Å². The molecular formula is C17H32O6. The van der Waals surface area contributed by atoms with E-state index in [1.54, 1.807) is 7.11 Å². The number of ether oxygens (including phenoxy) is 6. The van der Waals surface area contributed by atoms with E-state index in [0.717, 1.165) is 25.7 Å². The Morgan fingerprint density at radius 3 is 2.22 bits per heavy atom. The average molecular weight is 332 g/mol. The summed E-state index contributed by atoms with van der Waals surface area (Å²) in [7, 11) is 1.64. The van der Waals surface area contributed by atoms with E-state index in [4.69, 9.17) is 28.4 Å². The highest BCUT2D eigenvalue weighted by molar-refractivity contribution is 4.94. The fraction of sp³-hybridized carbons (Fsp3) is 1.00. The SMILES string of the molecule is CCCCOC1C(OC)OC2COC(C)OC2C1OCCCC. The van der Waals surface area contributed by atoms with Gasteiger partial charge in [-0.05, 0) is 19.8 Å². The predicted molar refractivity (Wildman–Crippen MR) is 85.3 cm³/mol. The lowest BCUT2D eigenvalue weighted by Gasteiger charge is -2.48. The fourth-order valence-corrected chi connectivity index (χ4v) is 2.95. The molecule has 6 unspecified atom stereocenters. The van der Waals surface area contributed by atoms with Gasteiger partial charge in [-0.15, -0.1) is 0 Å². The number of rotatable bonds is 9. The maximum Gasteiger partial charge on any atom is 0.186 e. The molecule has 0 radical (unpaired) electrons. The van der Waals surface area contributed by atoms with Crippen LogP contribution in [0.15, 0.2) is 0 Å². The van der Waals surface area contributed by atoms with Crippen molar-refractivity contribution in [2.24, 2.45) is 0 Å². The van der Waals surface area contributed by atoms with Crippen LogP contribution in [0.5, 0.6) is 0 Å². The molecule has 0 amide bonds. The second-order valence-electron chi connectivity index (χ2n) is 6.16. The van der Waals surface area contributed by atoms with E-state index in [-0.39, 0.29) is 30.7 Å². The van der Waals surface area contributed by atoms with Crippen molar-refractivity contribution in [2.45, 2.75) is 83.5 Å². The molecule has 2 aliphatic heterocycles. The summed E-state index contributed by atoms with van der Waals surface area (Å²) in [5, 5.41) is 0. The molecule has 0 aromatic rings. The Kier molecular flexibility index (Phi) is 8.23. The topological polar surface area (TPSA) is 55.4 Å². The molecule has 23 heavy (non-hydrogen) atoms. The minimum Gasteiger partial charge on any atom is -0.372 e. The molecule has 136 valence electrons. The second kappa shape index (κ2) is 9.91. The summed E-state index contributed by atoms with van der Waals surface area (Å²) in [6, 6.07) is 0. The van der Waals surface area contributed by atoms with Gasteiger partial charge < -0.3 is 28.4 Å². The fourth-order valence-electron chi connectivity index (χ4n) is 2.95. The van der Waals surface area contributed by atoms with Crippen LogP contribution in [-0.2, 0) is 28.4 Å². The minimum absolute atomic E-state index is 0.186. The highest BCUT2D eigenvalue weighted by Gasteiger charge is 2.50. The molecule has 0 bridgehead atoms. The molecule has 2 aliphatic rings. The van der Waals surface area contributed by atoms with Gasteiger partial charge in [0, 0.05) is 20.3 Å². The zero-order valence-electron chi connectivity index (χ0n) is 14.9. The van der Waals surface area contributed by atoms with Gasteiger partial charge in [0.2, 0.25) is 0 Å². The van der Waals surface area contributed by atoms with Crippen molar-refractivity contribution in [1.82, 2.24) is 0 Å². The van der Waals surface area contributed by atoms with E-state index < -0.39 is 6.29 Å². The maximum atomic E-state index is 6.15. The van der Waals surface area contributed by atoms with Gasteiger partial charge in [0.1, 0.15) is 24.4 Å². The predicted octanol–water partition coefficient (Wildman–Crippen LogP) is 2.49. The van der Waals surface area contributed by atoms with E-state index in [2.05, 4.69) is 13.8 Å². The third-order valence-electron chi connectivity index (χ3n) is 4.28. The number of methoxy groups -OCH3 is 1. The number of fused-ring (bicyclic) bond motifs is 1. The molecule has 0 aliphatic carbocycles. The number of hydrogen-bond donors (Lipinski definition) is 0. The first-order valence-electron chi connectivity index (χ1n) is 8.89. The zero-order valence-corrected chi connectivity index (χ0v) is 14.9. The molecule has 0 spiro atoms. The van der Waals surface area contributed by atoms with Crippen LogP contribution in [0.1, 0.15) is 46.5 Å². The number of hydrogen-bond acceptors (Lipinski definition) is 6. The van der Waals surface area contributed by atoms with Crippen LogP contribution in [0, 0.1) is 0 Å². The molecule has 2 fully saturated rings. The molecule has 0 saturated carbocycles. The van der Waals surface area contributed by atoms with E-state index in [0.29, 0.717) is 19.8 Å². The molecule has 2 rings (SSSR count). The molecule has 0 N–H and O–H groups in total. The second-order valence-corrected chi connectivity index (χ2v) is 6.16. The van der Waals surface area contributed by atoms with Crippen LogP contribution < -0.4 is 0 Å². The highest BCUT2D eigenvalue weighted by Crippen LogP contribution is 2.32. The quantitative estimate of drug-likeness (QED) is 0.605. The van der Waals surface area contributed by atoms with Crippen LogP contribution in [0.3, 0.4) is 0 Å². The first-order chi connectivity index (χ1) is 11.2. The molecule has 2 heterocycles. The average Bonchev–Trinajstić information content (AvgIpc) is 2.56. The Balaban J connectivity index is 2.08. The van der Waals surface area contributed by atoms with Crippen molar-refractivity contribution >= 4 is 0 Å². The molecule has 2 saturated heterocycles. The van der Waals surface area contributed by atoms with Crippen LogP contribution in [-0.4, -0.2) is 63.9 Å². The van der Waals surface area contributed by atoms with Crippen LogP contribution in [0.4, 0.5) is 0 Å². The summed E-state index contributed by atoms with van der Waals surface area (Å²) in [6.07, 6.45) is 2.62. The van der Waals surface area contributed by atoms with Gasteiger partial charge in [-0.3, -0.25) is 0 Å². The maximum absolute atomic E-state index is 6.15. The van der Waals surface area contributed by atoms with Crippen LogP contribution >= 0.6 is 0 Å². The Labute approximate surface area is 139 Å². The van der Waals surface area contributed by atoms with Crippen molar-refractivity contribution in [3.63, 3.8) is 0 Å². The number of unbranched alkanes of at least 4 members (excludes halogenated alkanes) is 2. The molecule has 6 atom stereocenters. The van der Waals surface area contributed by atoms with Gasteiger partial charge in [-0.2, -0.15) is 0 Å². The summed E-state index contributed by atoms with van der Waals surface area (Å²) in [5.74, 6) is 0. The third kappa shape index (κ3) is 5.11. The summed E-state index contributed by atoms with van der Waals surface area (Å²) >= 11 is 0. The first kappa shape index (κ1) is 19.1. The third-order valence-corrected chi connectivity index (χ3v) is 4.28. The van der Waals surface area contributed by atoms with Crippen LogP contribution in [0.2, 0.25) is 0 Å². The van der Waals surface area contributed by atoms with Gasteiger partial charge in [0.25, 0.3) is 0 Å².